The van der Waals surface area contributed by atoms with Gasteiger partial charge in [0.15, 0.2) is 0 Å². The first-order valence-corrected chi connectivity index (χ1v) is 7.25. The highest BCUT2D eigenvalue weighted by Gasteiger charge is 2.24. The third kappa shape index (κ3) is 3.38. The van der Waals surface area contributed by atoms with Crippen molar-refractivity contribution >= 4 is 11.8 Å². The van der Waals surface area contributed by atoms with Crippen LogP contribution in [0.5, 0.6) is 0 Å². The Labute approximate surface area is 120 Å². The van der Waals surface area contributed by atoms with Crippen LogP contribution in [0.3, 0.4) is 0 Å². The molecule has 1 aromatic rings. The molecule has 4 nitrogen and oxygen atoms in total. The summed E-state index contributed by atoms with van der Waals surface area (Å²) in [6, 6.07) is 7.64. The molecule has 0 aromatic heterocycles. The summed E-state index contributed by atoms with van der Waals surface area (Å²) >= 11 is 0. The lowest BCUT2D eigenvalue weighted by Crippen LogP contribution is -2.50. The molecule has 0 radical (unpaired) electrons. The van der Waals surface area contributed by atoms with E-state index in [4.69, 9.17) is 0 Å². The molecule has 2 rings (SSSR count). The number of piperazine rings is 1. The SMILES string of the molecule is CCCC(=O)N1CCN(C(=O)c2ccc(C)cc2)CC1. The molecule has 1 aliphatic heterocycles. The van der Waals surface area contributed by atoms with Gasteiger partial charge in [0.25, 0.3) is 5.91 Å². The van der Waals surface area contributed by atoms with E-state index in [1.807, 2.05) is 47.9 Å². The zero-order chi connectivity index (χ0) is 14.5. The van der Waals surface area contributed by atoms with Gasteiger partial charge < -0.3 is 9.80 Å². The van der Waals surface area contributed by atoms with Gasteiger partial charge in [0.1, 0.15) is 0 Å². The van der Waals surface area contributed by atoms with Crippen molar-refractivity contribution in [2.45, 2.75) is 26.7 Å². The lowest BCUT2D eigenvalue weighted by atomic mass is 10.1. The highest BCUT2D eigenvalue weighted by atomic mass is 16.2. The van der Waals surface area contributed by atoms with Crippen LogP contribution in [0.2, 0.25) is 0 Å². The summed E-state index contributed by atoms with van der Waals surface area (Å²) in [4.78, 5) is 27.8. The molecule has 1 aliphatic rings. The van der Waals surface area contributed by atoms with E-state index in [2.05, 4.69) is 0 Å². The summed E-state index contributed by atoms with van der Waals surface area (Å²) in [6.07, 6.45) is 1.48. The van der Waals surface area contributed by atoms with Crippen LogP contribution in [-0.4, -0.2) is 47.8 Å². The normalized spacial score (nSPS) is 15.3. The van der Waals surface area contributed by atoms with E-state index in [1.165, 1.54) is 0 Å². The van der Waals surface area contributed by atoms with Crippen molar-refractivity contribution in [2.75, 3.05) is 26.2 Å². The largest absolute Gasteiger partial charge is 0.339 e. The number of carbonyl (C=O) groups excluding carboxylic acids is 2. The second kappa shape index (κ2) is 6.55. The van der Waals surface area contributed by atoms with Gasteiger partial charge in [0.05, 0.1) is 0 Å². The molecule has 1 fully saturated rings. The van der Waals surface area contributed by atoms with Gasteiger partial charge in [-0.05, 0) is 25.5 Å². The Bertz CT molecular complexity index is 474. The molecule has 1 heterocycles. The molecular weight excluding hydrogens is 252 g/mol. The summed E-state index contributed by atoms with van der Waals surface area (Å²) < 4.78 is 0. The first kappa shape index (κ1) is 14.6. The summed E-state index contributed by atoms with van der Waals surface area (Å²) in [5, 5.41) is 0. The van der Waals surface area contributed by atoms with Crippen LogP contribution in [-0.2, 0) is 4.79 Å². The number of amides is 2. The van der Waals surface area contributed by atoms with Crippen molar-refractivity contribution < 1.29 is 9.59 Å². The van der Waals surface area contributed by atoms with Crippen molar-refractivity contribution in [3.05, 3.63) is 35.4 Å². The van der Waals surface area contributed by atoms with Gasteiger partial charge in [-0.1, -0.05) is 24.6 Å². The Morgan fingerprint density at radius 2 is 1.55 bits per heavy atom. The minimum atomic E-state index is 0.0626. The number of benzene rings is 1. The Kier molecular flexibility index (Phi) is 4.77. The number of nitrogens with zero attached hydrogens (tertiary/aromatic N) is 2. The molecule has 0 atom stereocenters. The summed E-state index contributed by atoms with van der Waals surface area (Å²) in [5.74, 6) is 0.266. The number of carbonyl (C=O) groups is 2. The molecule has 108 valence electrons. The minimum Gasteiger partial charge on any atom is -0.339 e. The Morgan fingerprint density at radius 3 is 2.10 bits per heavy atom. The molecular formula is C16H22N2O2. The van der Waals surface area contributed by atoms with Crippen molar-refractivity contribution in [1.29, 1.82) is 0 Å². The smallest absolute Gasteiger partial charge is 0.253 e. The van der Waals surface area contributed by atoms with Crippen LogP contribution < -0.4 is 0 Å². The topological polar surface area (TPSA) is 40.6 Å². The van der Waals surface area contributed by atoms with Crippen molar-refractivity contribution in [2.24, 2.45) is 0 Å². The first-order chi connectivity index (χ1) is 9.61. The second-order valence-corrected chi connectivity index (χ2v) is 5.29. The number of hydrogen-bond acceptors (Lipinski definition) is 2. The van der Waals surface area contributed by atoms with Crippen molar-refractivity contribution in [3.8, 4) is 0 Å². The fourth-order valence-corrected chi connectivity index (χ4v) is 2.41. The number of rotatable bonds is 3. The highest BCUT2D eigenvalue weighted by molar-refractivity contribution is 5.94. The molecule has 4 heteroatoms. The maximum atomic E-state index is 12.3. The Hall–Kier alpha value is -1.84. The van der Waals surface area contributed by atoms with E-state index < -0.39 is 0 Å². The van der Waals surface area contributed by atoms with Gasteiger partial charge in [0, 0.05) is 38.2 Å². The predicted molar refractivity (Wildman–Crippen MR) is 78.6 cm³/mol. The molecule has 20 heavy (non-hydrogen) atoms. The van der Waals surface area contributed by atoms with E-state index in [0.29, 0.717) is 32.6 Å². The van der Waals surface area contributed by atoms with Crippen LogP contribution in [0.25, 0.3) is 0 Å². The van der Waals surface area contributed by atoms with Crippen LogP contribution in [0.15, 0.2) is 24.3 Å². The Morgan fingerprint density at radius 1 is 1.00 bits per heavy atom. The van der Waals surface area contributed by atoms with Gasteiger partial charge in [0.2, 0.25) is 5.91 Å². The molecule has 1 saturated heterocycles. The van der Waals surface area contributed by atoms with Gasteiger partial charge in [-0.3, -0.25) is 9.59 Å². The zero-order valence-corrected chi connectivity index (χ0v) is 12.3. The Balaban J connectivity index is 1.92. The predicted octanol–water partition coefficient (Wildman–Crippen LogP) is 2.08. The van der Waals surface area contributed by atoms with Gasteiger partial charge in [-0.2, -0.15) is 0 Å². The van der Waals surface area contributed by atoms with Crippen LogP contribution >= 0.6 is 0 Å². The molecule has 0 aliphatic carbocycles. The third-order valence-corrected chi connectivity index (χ3v) is 3.68. The maximum absolute atomic E-state index is 12.3. The summed E-state index contributed by atoms with van der Waals surface area (Å²) in [6.45, 7) is 6.57. The molecule has 1 aromatic carbocycles. The molecule has 2 amide bonds. The zero-order valence-electron chi connectivity index (χ0n) is 12.3. The van der Waals surface area contributed by atoms with E-state index in [9.17, 15) is 9.59 Å². The quantitative estimate of drug-likeness (QED) is 0.846. The molecule has 0 unspecified atom stereocenters. The third-order valence-electron chi connectivity index (χ3n) is 3.68. The van der Waals surface area contributed by atoms with E-state index in [0.717, 1.165) is 17.5 Å². The summed E-state index contributed by atoms with van der Waals surface area (Å²) in [7, 11) is 0. The molecule has 0 N–H and O–H groups in total. The molecule has 0 spiro atoms. The van der Waals surface area contributed by atoms with E-state index >= 15 is 0 Å². The van der Waals surface area contributed by atoms with Crippen LogP contribution in [0, 0.1) is 6.92 Å². The number of aryl methyl sites for hydroxylation is 1. The molecule has 0 saturated carbocycles. The fourth-order valence-electron chi connectivity index (χ4n) is 2.41. The van der Waals surface area contributed by atoms with Crippen LogP contribution in [0.4, 0.5) is 0 Å². The highest BCUT2D eigenvalue weighted by Crippen LogP contribution is 2.11. The van der Waals surface area contributed by atoms with Crippen LogP contribution in [0.1, 0.15) is 35.7 Å². The average Bonchev–Trinajstić information content (AvgIpc) is 2.48. The van der Waals surface area contributed by atoms with Crippen molar-refractivity contribution in [3.63, 3.8) is 0 Å². The monoisotopic (exact) mass is 274 g/mol. The van der Waals surface area contributed by atoms with Gasteiger partial charge in [-0.15, -0.1) is 0 Å². The molecule has 0 bridgehead atoms. The van der Waals surface area contributed by atoms with E-state index in [1.54, 1.807) is 0 Å². The maximum Gasteiger partial charge on any atom is 0.253 e. The standard InChI is InChI=1S/C16H22N2O2/c1-3-4-15(19)17-9-11-18(12-10-17)16(20)14-7-5-13(2)6-8-14/h5-8H,3-4,9-12H2,1-2H3. The lowest BCUT2D eigenvalue weighted by Gasteiger charge is -2.34. The van der Waals surface area contributed by atoms with E-state index in [-0.39, 0.29) is 11.8 Å². The number of hydrogen-bond donors (Lipinski definition) is 0. The fraction of sp³-hybridized carbons (Fsp3) is 0.500. The van der Waals surface area contributed by atoms with Crippen molar-refractivity contribution in [1.82, 2.24) is 9.80 Å². The second-order valence-electron chi connectivity index (χ2n) is 5.29. The van der Waals surface area contributed by atoms with Gasteiger partial charge >= 0.3 is 0 Å². The lowest BCUT2D eigenvalue weighted by molar-refractivity contribution is -0.132. The summed E-state index contributed by atoms with van der Waals surface area (Å²) in [5.41, 5.74) is 1.88. The van der Waals surface area contributed by atoms with Gasteiger partial charge in [-0.25, -0.2) is 0 Å². The minimum absolute atomic E-state index is 0.0626. The average molecular weight is 274 g/mol. The first-order valence-electron chi connectivity index (χ1n) is 7.25.